The smallest absolute Gasteiger partial charge is 0.320 e. The summed E-state index contributed by atoms with van der Waals surface area (Å²) < 4.78 is 52.1. The van der Waals surface area contributed by atoms with Gasteiger partial charge in [-0.05, 0) is 41.8 Å². The number of alkyl halides is 3. The standard InChI is InChI=1S/C15H12BrF4N/c1-8-10(3-2-4-12(8)16)14(21)9-5-6-11(13(17)7-9)15(18,19)20/h2-7,14H,21H2,1H3. The van der Waals surface area contributed by atoms with Gasteiger partial charge in [0.1, 0.15) is 5.82 Å². The zero-order valence-corrected chi connectivity index (χ0v) is 12.6. The van der Waals surface area contributed by atoms with Gasteiger partial charge in [-0.25, -0.2) is 4.39 Å². The highest BCUT2D eigenvalue weighted by Gasteiger charge is 2.34. The summed E-state index contributed by atoms with van der Waals surface area (Å²) in [6.45, 7) is 1.83. The summed E-state index contributed by atoms with van der Waals surface area (Å²) >= 11 is 3.36. The monoisotopic (exact) mass is 361 g/mol. The molecule has 1 unspecified atom stereocenters. The molecule has 0 aromatic heterocycles. The molecule has 0 heterocycles. The van der Waals surface area contributed by atoms with Gasteiger partial charge in [0.15, 0.2) is 0 Å². The molecule has 2 aromatic rings. The van der Waals surface area contributed by atoms with Crippen molar-refractivity contribution in [1.82, 2.24) is 0 Å². The SMILES string of the molecule is Cc1c(Br)cccc1C(N)c1ccc(C(F)(F)F)c(F)c1. The van der Waals surface area contributed by atoms with Crippen LogP contribution in [0.5, 0.6) is 0 Å². The van der Waals surface area contributed by atoms with Crippen LogP contribution in [0, 0.1) is 12.7 Å². The average molecular weight is 362 g/mol. The quantitative estimate of drug-likeness (QED) is 0.751. The molecule has 0 aliphatic rings. The van der Waals surface area contributed by atoms with Crippen LogP contribution >= 0.6 is 15.9 Å². The Morgan fingerprint density at radius 1 is 1.14 bits per heavy atom. The van der Waals surface area contributed by atoms with E-state index in [4.69, 9.17) is 5.73 Å². The summed E-state index contributed by atoms with van der Waals surface area (Å²) in [5.74, 6) is -1.32. The number of benzene rings is 2. The second-order valence-corrected chi connectivity index (χ2v) is 5.52. The van der Waals surface area contributed by atoms with Crippen molar-refractivity contribution in [3.63, 3.8) is 0 Å². The minimum absolute atomic E-state index is 0.293. The van der Waals surface area contributed by atoms with E-state index in [0.717, 1.165) is 27.7 Å². The van der Waals surface area contributed by atoms with E-state index in [1.54, 1.807) is 12.1 Å². The largest absolute Gasteiger partial charge is 0.419 e. The maximum atomic E-state index is 13.6. The lowest BCUT2D eigenvalue weighted by atomic mass is 9.95. The molecule has 0 spiro atoms. The van der Waals surface area contributed by atoms with Crippen LogP contribution in [0.3, 0.4) is 0 Å². The van der Waals surface area contributed by atoms with Crippen molar-refractivity contribution in [2.45, 2.75) is 19.1 Å². The molecule has 2 aromatic carbocycles. The average Bonchev–Trinajstić information content (AvgIpc) is 2.39. The van der Waals surface area contributed by atoms with Gasteiger partial charge in [-0.2, -0.15) is 13.2 Å². The summed E-state index contributed by atoms with van der Waals surface area (Å²) in [6, 6.07) is 7.44. The van der Waals surface area contributed by atoms with Gasteiger partial charge in [-0.1, -0.05) is 34.1 Å². The molecule has 112 valence electrons. The Bertz CT molecular complexity index is 667. The Morgan fingerprint density at radius 2 is 1.81 bits per heavy atom. The van der Waals surface area contributed by atoms with Crippen molar-refractivity contribution in [3.8, 4) is 0 Å². The first-order valence-electron chi connectivity index (χ1n) is 6.09. The highest BCUT2D eigenvalue weighted by Crippen LogP contribution is 2.34. The van der Waals surface area contributed by atoms with Crippen molar-refractivity contribution in [1.29, 1.82) is 0 Å². The van der Waals surface area contributed by atoms with Gasteiger partial charge in [0.2, 0.25) is 0 Å². The number of hydrogen-bond donors (Lipinski definition) is 1. The number of halogens is 5. The number of nitrogens with two attached hydrogens (primary N) is 1. The molecule has 0 aliphatic carbocycles. The van der Waals surface area contributed by atoms with E-state index >= 15 is 0 Å². The van der Waals surface area contributed by atoms with Crippen LogP contribution in [0.25, 0.3) is 0 Å². The van der Waals surface area contributed by atoms with Crippen LogP contribution in [0.1, 0.15) is 28.3 Å². The fraction of sp³-hybridized carbons (Fsp3) is 0.200. The lowest BCUT2D eigenvalue weighted by Gasteiger charge is -2.17. The second-order valence-electron chi connectivity index (χ2n) is 4.67. The number of hydrogen-bond acceptors (Lipinski definition) is 1. The normalized spacial score (nSPS) is 13.3. The predicted molar refractivity (Wildman–Crippen MR) is 76.3 cm³/mol. The molecule has 1 nitrogen and oxygen atoms in total. The third kappa shape index (κ3) is 3.27. The zero-order chi connectivity index (χ0) is 15.8. The fourth-order valence-corrected chi connectivity index (χ4v) is 2.48. The Kier molecular flexibility index (Phi) is 4.39. The van der Waals surface area contributed by atoms with Crippen molar-refractivity contribution >= 4 is 15.9 Å². The molecule has 1 atom stereocenters. The maximum absolute atomic E-state index is 13.6. The third-order valence-corrected chi connectivity index (χ3v) is 4.16. The van der Waals surface area contributed by atoms with E-state index in [0.29, 0.717) is 5.56 Å². The molecule has 0 bridgehead atoms. The molecule has 21 heavy (non-hydrogen) atoms. The zero-order valence-electron chi connectivity index (χ0n) is 11.0. The van der Waals surface area contributed by atoms with Gasteiger partial charge >= 0.3 is 6.18 Å². The summed E-state index contributed by atoms with van der Waals surface area (Å²) in [4.78, 5) is 0. The van der Waals surface area contributed by atoms with Gasteiger partial charge < -0.3 is 5.73 Å². The summed E-state index contributed by atoms with van der Waals surface area (Å²) in [5, 5.41) is 0. The van der Waals surface area contributed by atoms with E-state index in [2.05, 4.69) is 15.9 Å². The van der Waals surface area contributed by atoms with Crippen LogP contribution in [0.4, 0.5) is 17.6 Å². The maximum Gasteiger partial charge on any atom is 0.419 e. The Morgan fingerprint density at radius 3 is 2.38 bits per heavy atom. The highest BCUT2D eigenvalue weighted by atomic mass is 79.9. The topological polar surface area (TPSA) is 26.0 Å². The van der Waals surface area contributed by atoms with E-state index in [9.17, 15) is 17.6 Å². The van der Waals surface area contributed by atoms with E-state index in [1.165, 1.54) is 6.07 Å². The molecule has 0 amide bonds. The lowest BCUT2D eigenvalue weighted by molar-refractivity contribution is -0.140. The Labute approximate surface area is 127 Å². The van der Waals surface area contributed by atoms with Gasteiger partial charge in [-0.15, -0.1) is 0 Å². The van der Waals surface area contributed by atoms with Gasteiger partial charge in [0, 0.05) is 4.47 Å². The second kappa shape index (κ2) is 5.77. The van der Waals surface area contributed by atoms with Crippen LogP contribution in [0.15, 0.2) is 40.9 Å². The van der Waals surface area contributed by atoms with Crippen LogP contribution in [-0.4, -0.2) is 0 Å². The van der Waals surface area contributed by atoms with Crippen LogP contribution in [-0.2, 0) is 6.18 Å². The molecule has 2 rings (SSSR count). The summed E-state index contributed by atoms with van der Waals surface area (Å²) in [6.07, 6.45) is -4.71. The lowest BCUT2D eigenvalue weighted by Crippen LogP contribution is -2.15. The van der Waals surface area contributed by atoms with Gasteiger partial charge in [0.25, 0.3) is 0 Å². The molecular formula is C15H12BrF4N. The molecule has 0 fully saturated rings. The van der Waals surface area contributed by atoms with Crippen LogP contribution in [0.2, 0.25) is 0 Å². The molecule has 2 N–H and O–H groups in total. The first-order chi connectivity index (χ1) is 9.71. The van der Waals surface area contributed by atoms with E-state index < -0.39 is 23.6 Å². The van der Waals surface area contributed by atoms with Gasteiger partial charge in [0.05, 0.1) is 11.6 Å². The van der Waals surface area contributed by atoms with Crippen LogP contribution < -0.4 is 5.73 Å². The van der Waals surface area contributed by atoms with Crippen molar-refractivity contribution < 1.29 is 17.6 Å². The Hall–Kier alpha value is -1.40. The van der Waals surface area contributed by atoms with Gasteiger partial charge in [-0.3, -0.25) is 0 Å². The molecule has 0 saturated heterocycles. The van der Waals surface area contributed by atoms with Crippen molar-refractivity contribution in [2.75, 3.05) is 0 Å². The molecule has 0 saturated carbocycles. The molecule has 0 aliphatic heterocycles. The Balaban J connectivity index is 2.43. The summed E-state index contributed by atoms with van der Waals surface area (Å²) in [5.41, 5.74) is 6.64. The van der Waals surface area contributed by atoms with Crippen molar-refractivity contribution in [3.05, 3.63) is 68.9 Å². The molecule has 6 heteroatoms. The van der Waals surface area contributed by atoms with Crippen molar-refractivity contribution in [2.24, 2.45) is 5.73 Å². The van der Waals surface area contributed by atoms with E-state index in [-0.39, 0.29) is 0 Å². The fourth-order valence-electron chi connectivity index (χ4n) is 2.10. The minimum atomic E-state index is -4.71. The number of rotatable bonds is 2. The predicted octanol–water partition coefficient (Wildman–Crippen LogP) is 4.96. The highest BCUT2D eigenvalue weighted by molar-refractivity contribution is 9.10. The molecule has 0 radical (unpaired) electrons. The first kappa shape index (κ1) is 16.0. The first-order valence-corrected chi connectivity index (χ1v) is 6.88. The minimum Gasteiger partial charge on any atom is -0.320 e. The van der Waals surface area contributed by atoms with E-state index in [1.807, 2.05) is 13.0 Å². The third-order valence-electron chi connectivity index (χ3n) is 3.30. The molecular weight excluding hydrogens is 350 g/mol. The summed E-state index contributed by atoms with van der Waals surface area (Å²) in [7, 11) is 0.